The number of phenols is 1. The molecule has 0 fully saturated rings. The van der Waals surface area contributed by atoms with Crippen LogP contribution in [0.15, 0.2) is 70.5 Å². The van der Waals surface area contributed by atoms with E-state index < -0.39 is 33.6 Å². The second-order valence-corrected chi connectivity index (χ2v) is 9.85. The van der Waals surface area contributed by atoms with Crippen LogP contribution >= 0.6 is 11.8 Å². The molecule has 4 N–H and O–H groups in total. The maximum absolute atomic E-state index is 14.5. The van der Waals surface area contributed by atoms with Crippen LogP contribution in [0.25, 0.3) is 0 Å². The van der Waals surface area contributed by atoms with E-state index >= 15 is 0 Å². The fourth-order valence-corrected chi connectivity index (χ4v) is 4.09. The van der Waals surface area contributed by atoms with E-state index in [1.165, 1.54) is 36.4 Å². The third kappa shape index (κ3) is 7.02. The Labute approximate surface area is 196 Å². The molecule has 2 amide bonds. The zero-order valence-corrected chi connectivity index (χ0v) is 18.9. The van der Waals surface area contributed by atoms with E-state index in [1.807, 2.05) is 0 Å². The Morgan fingerprint density at radius 3 is 2.15 bits per heavy atom. The topological polar surface area (TPSA) is 108 Å². The van der Waals surface area contributed by atoms with E-state index in [4.69, 9.17) is 0 Å². The van der Waals surface area contributed by atoms with Gasteiger partial charge in [0.2, 0.25) is 10.0 Å². The Kier molecular flexibility index (Phi) is 7.26. The van der Waals surface area contributed by atoms with Crippen molar-refractivity contribution in [3.05, 3.63) is 72.0 Å². The number of alkyl halides is 3. The first-order valence-electron chi connectivity index (χ1n) is 9.34. The van der Waals surface area contributed by atoms with Crippen molar-refractivity contribution < 1.29 is 35.9 Å². The number of benzene rings is 3. The van der Waals surface area contributed by atoms with Gasteiger partial charge < -0.3 is 15.7 Å². The number of sulfonamides is 1. The van der Waals surface area contributed by atoms with Gasteiger partial charge in [0.05, 0.1) is 23.2 Å². The number of carbonyl (C=O) groups is 1. The molecule has 34 heavy (non-hydrogen) atoms. The highest BCUT2D eigenvalue weighted by atomic mass is 32.2. The summed E-state index contributed by atoms with van der Waals surface area (Å²) in [6.07, 6.45) is -3.56. The van der Waals surface area contributed by atoms with Crippen molar-refractivity contribution in [2.75, 3.05) is 21.6 Å². The molecule has 0 bridgehead atoms. The molecule has 0 unspecified atom stereocenters. The van der Waals surface area contributed by atoms with E-state index in [0.717, 1.165) is 42.3 Å². The molecule has 3 aromatic carbocycles. The van der Waals surface area contributed by atoms with Gasteiger partial charge in [-0.3, -0.25) is 4.72 Å². The number of aromatic hydroxyl groups is 1. The molecule has 3 aromatic rings. The largest absolute Gasteiger partial charge is 0.506 e. The number of rotatable bonds is 6. The fraction of sp³-hybridized carbons (Fsp3) is 0.0952. The number of halogens is 4. The standard InChI is InChI=1S/C21H17F4N3O4S2/c1-34(31,32)28-18-10-13(4-9-19(18)29)26-20(30)27-17-8-7-15(11-16(17)22)33-14-5-2-12(3-6-14)21(23,24)25/h2-11,28-29H,1H3,(H2,26,27,30). The highest BCUT2D eigenvalue weighted by molar-refractivity contribution is 7.99. The highest BCUT2D eigenvalue weighted by Crippen LogP contribution is 2.34. The van der Waals surface area contributed by atoms with Crippen LogP contribution in [0.3, 0.4) is 0 Å². The molecule has 0 aromatic heterocycles. The molecule has 0 aliphatic carbocycles. The van der Waals surface area contributed by atoms with Crippen molar-refractivity contribution in [2.45, 2.75) is 16.0 Å². The van der Waals surface area contributed by atoms with Gasteiger partial charge in [0, 0.05) is 15.5 Å². The van der Waals surface area contributed by atoms with E-state index in [1.54, 1.807) is 0 Å². The zero-order chi connectivity index (χ0) is 25.1. The number of phenolic OH excluding ortho intramolecular Hbond substituents is 1. The minimum Gasteiger partial charge on any atom is -0.506 e. The average molecular weight is 516 g/mol. The van der Waals surface area contributed by atoms with Gasteiger partial charge in [0.25, 0.3) is 0 Å². The molecule has 7 nitrogen and oxygen atoms in total. The number of carbonyl (C=O) groups excluding carboxylic acids is 1. The van der Waals surface area contributed by atoms with E-state index in [-0.39, 0.29) is 22.8 Å². The van der Waals surface area contributed by atoms with Gasteiger partial charge in [-0.1, -0.05) is 11.8 Å². The Morgan fingerprint density at radius 1 is 0.912 bits per heavy atom. The second kappa shape index (κ2) is 9.81. The lowest BCUT2D eigenvalue weighted by Crippen LogP contribution is -2.20. The molecular weight excluding hydrogens is 498 g/mol. The first-order chi connectivity index (χ1) is 15.8. The van der Waals surface area contributed by atoms with Gasteiger partial charge in [-0.2, -0.15) is 13.2 Å². The summed E-state index contributed by atoms with van der Waals surface area (Å²) in [5.74, 6) is -1.14. The monoisotopic (exact) mass is 515 g/mol. The predicted octanol–water partition coefficient (Wildman–Crippen LogP) is 5.72. The van der Waals surface area contributed by atoms with Crippen molar-refractivity contribution in [1.82, 2.24) is 0 Å². The quantitative estimate of drug-likeness (QED) is 0.191. The summed E-state index contributed by atoms with van der Waals surface area (Å²) < 4.78 is 77.2. The maximum atomic E-state index is 14.5. The minimum absolute atomic E-state index is 0.122. The Bertz CT molecular complexity index is 1310. The summed E-state index contributed by atoms with van der Waals surface area (Å²) in [4.78, 5) is 13.1. The maximum Gasteiger partial charge on any atom is 0.416 e. The molecule has 3 rings (SSSR count). The smallest absolute Gasteiger partial charge is 0.416 e. The van der Waals surface area contributed by atoms with Crippen LogP contribution in [0.4, 0.5) is 39.4 Å². The van der Waals surface area contributed by atoms with Gasteiger partial charge >= 0.3 is 12.2 Å². The van der Waals surface area contributed by atoms with Gasteiger partial charge in [0.1, 0.15) is 11.6 Å². The number of anilines is 3. The van der Waals surface area contributed by atoms with E-state index in [2.05, 4.69) is 15.4 Å². The lowest BCUT2D eigenvalue weighted by molar-refractivity contribution is -0.137. The number of hydrogen-bond donors (Lipinski definition) is 4. The molecule has 0 saturated carbocycles. The molecule has 0 saturated heterocycles. The third-order valence-electron chi connectivity index (χ3n) is 4.16. The molecule has 0 heterocycles. The molecule has 180 valence electrons. The highest BCUT2D eigenvalue weighted by Gasteiger charge is 2.29. The van der Waals surface area contributed by atoms with Crippen LogP contribution in [0.2, 0.25) is 0 Å². The average Bonchev–Trinajstić information content (AvgIpc) is 2.71. The van der Waals surface area contributed by atoms with Crippen molar-refractivity contribution in [3.8, 4) is 5.75 Å². The molecule has 0 aliphatic heterocycles. The Balaban J connectivity index is 1.65. The third-order valence-corrected chi connectivity index (χ3v) is 5.74. The minimum atomic E-state index is -4.45. The normalized spacial score (nSPS) is 11.7. The van der Waals surface area contributed by atoms with Crippen LogP contribution in [0.5, 0.6) is 5.75 Å². The summed E-state index contributed by atoms with van der Waals surface area (Å²) >= 11 is 1.04. The predicted molar refractivity (Wildman–Crippen MR) is 121 cm³/mol. The first-order valence-corrected chi connectivity index (χ1v) is 12.0. The zero-order valence-electron chi connectivity index (χ0n) is 17.3. The van der Waals surface area contributed by atoms with Gasteiger partial charge in [-0.15, -0.1) is 0 Å². The van der Waals surface area contributed by atoms with Crippen LogP contribution in [0, 0.1) is 5.82 Å². The molecule has 13 heteroatoms. The SMILES string of the molecule is CS(=O)(=O)Nc1cc(NC(=O)Nc2ccc(Sc3ccc(C(F)(F)F)cc3)cc2F)ccc1O. The second-order valence-electron chi connectivity index (χ2n) is 6.95. The van der Waals surface area contributed by atoms with Gasteiger partial charge in [-0.25, -0.2) is 17.6 Å². The summed E-state index contributed by atoms with van der Waals surface area (Å²) in [5.41, 5.74) is -0.989. The molecule has 0 spiro atoms. The lowest BCUT2D eigenvalue weighted by atomic mass is 10.2. The van der Waals surface area contributed by atoms with Crippen LogP contribution in [0.1, 0.15) is 5.56 Å². The summed E-state index contributed by atoms with van der Waals surface area (Å²) in [6.45, 7) is 0. The summed E-state index contributed by atoms with van der Waals surface area (Å²) in [5, 5.41) is 14.4. The molecule has 0 atom stereocenters. The molecule has 0 aliphatic rings. The number of amides is 2. The van der Waals surface area contributed by atoms with E-state index in [0.29, 0.717) is 9.79 Å². The number of urea groups is 1. The van der Waals surface area contributed by atoms with Crippen molar-refractivity contribution >= 4 is 44.9 Å². The van der Waals surface area contributed by atoms with Crippen LogP contribution in [-0.4, -0.2) is 25.8 Å². The summed E-state index contributed by atoms with van der Waals surface area (Å²) in [7, 11) is -3.67. The number of hydrogen-bond acceptors (Lipinski definition) is 5. The lowest BCUT2D eigenvalue weighted by Gasteiger charge is -2.12. The number of nitrogens with one attached hydrogen (secondary N) is 3. The van der Waals surface area contributed by atoms with Gasteiger partial charge in [0.15, 0.2) is 0 Å². The fourth-order valence-electron chi connectivity index (χ4n) is 2.69. The first kappa shape index (κ1) is 25.2. The van der Waals surface area contributed by atoms with Gasteiger partial charge in [-0.05, 0) is 60.7 Å². The molecular formula is C21H17F4N3O4S2. The van der Waals surface area contributed by atoms with Crippen molar-refractivity contribution in [1.29, 1.82) is 0 Å². The van der Waals surface area contributed by atoms with Crippen LogP contribution in [-0.2, 0) is 16.2 Å². The Hall–Kier alpha value is -3.45. The van der Waals surface area contributed by atoms with Crippen LogP contribution < -0.4 is 15.4 Å². The Morgan fingerprint density at radius 2 is 1.56 bits per heavy atom. The van der Waals surface area contributed by atoms with E-state index in [9.17, 15) is 35.9 Å². The van der Waals surface area contributed by atoms with Crippen molar-refractivity contribution in [2.24, 2.45) is 0 Å². The molecule has 0 radical (unpaired) electrons. The van der Waals surface area contributed by atoms with Crippen molar-refractivity contribution in [3.63, 3.8) is 0 Å². The summed E-state index contributed by atoms with van der Waals surface area (Å²) in [6, 6.07) is 11.1.